The first kappa shape index (κ1) is 12.6. The average molecular weight is 221 g/mol. The van der Waals surface area contributed by atoms with Crippen LogP contribution in [0.3, 0.4) is 0 Å². The van der Waals surface area contributed by atoms with Gasteiger partial charge in [0.2, 0.25) is 0 Å². The van der Waals surface area contributed by atoms with Crippen molar-refractivity contribution >= 4 is 0 Å². The lowest BCUT2D eigenvalue weighted by molar-refractivity contribution is 0.388. The van der Waals surface area contributed by atoms with Crippen LogP contribution in [0.5, 0.6) is 11.5 Å². The molecule has 1 atom stereocenters. The summed E-state index contributed by atoms with van der Waals surface area (Å²) in [5, 5.41) is 0. The molecule has 0 aromatic heterocycles. The van der Waals surface area contributed by atoms with Gasteiger partial charge in [-0.2, -0.15) is 0 Å². The summed E-state index contributed by atoms with van der Waals surface area (Å²) >= 11 is 0. The second kappa shape index (κ2) is 5.56. The standard InChI is InChI=1S/C13H19NO2/c1-9(2)7-12(14)11-6-5-10(15-3)8-13(11)16-4/h5-6,8,12H,1,7,14H2,2-4H3/t12-/m0/s1. The number of benzene rings is 1. The van der Waals surface area contributed by atoms with Crippen LogP contribution in [0, 0.1) is 0 Å². The van der Waals surface area contributed by atoms with Crippen molar-refractivity contribution in [2.24, 2.45) is 5.73 Å². The summed E-state index contributed by atoms with van der Waals surface area (Å²) < 4.78 is 10.4. The van der Waals surface area contributed by atoms with Crippen LogP contribution in [-0.2, 0) is 0 Å². The van der Waals surface area contributed by atoms with Gasteiger partial charge in [0.1, 0.15) is 11.5 Å². The Morgan fingerprint density at radius 3 is 2.56 bits per heavy atom. The first-order chi connectivity index (χ1) is 7.58. The van der Waals surface area contributed by atoms with Gasteiger partial charge in [0, 0.05) is 17.7 Å². The Hall–Kier alpha value is -1.48. The molecule has 3 nitrogen and oxygen atoms in total. The lowest BCUT2D eigenvalue weighted by Gasteiger charge is -2.16. The van der Waals surface area contributed by atoms with Crippen molar-refractivity contribution < 1.29 is 9.47 Å². The first-order valence-electron chi connectivity index (χ1n) is 5.20. The molecule has 0 saturated heterocycles. The molecule has 1 aromatic carbocycles. The van der Waals surface area contributed by atoms with Crippen LogP contribution in [0.15, 0.2) is 30.4 Å². The summed E-state index contributed by atoms with van der Waals surface area (Å²) in [7, 11) is 3.26. The van der Waals surface area contributed by atoms with Gasteiger partial charge >= 0.3 is 0 Å². The fraction of sp³-hybridized carbons (Fsp3) is 0.385. The van der Waals surface area contributed by atoms with E-state index in [9.17, 15) is 0 Å². The molecule has 1 rings (SSSR count). The van der Waals surface area contributed by atoms with E-state index in [4.69, 9.17) is 15.2 Å². The highest BCUT2D eigenvalue weighted by molar-refractivity contribution is 5.42. The minimum absolute atomic E-state index is 0.0849. The molecule has 0 heterocycles. The Morgan fingerprint density at radius 2 is 2.06 bits per heavy atom. The average Bonchev–Trinajstić information content (AvgIpc) is 2.27. The van der Waals surface area contributed by atoms with Crippen molar-refractivity contribution in [1.29, 1.82) is 0 Å². The van der Waals surface area contributed by atoms with E-state index in [1.807, 2.05) is 25.1 Å². The molecule has 0 bridgehead atoms. The van der Waals surface area contributed by atoms with Gasteiger partial charge in [0.25, 0.3) is 0 Å². The smallest absolute Gasteiger partial charge is 0.127 e. The lowest BCUT2D eigenvalue weighted by atomic mass is 10.00. The molecule has 3 heteroatoms. The van der Waals surface area contributed by atoms with E-state index in [-0.39, 0.29) is 6.04 Å². The highest BCUT2D eigenvalue weighted by Gasteiger charge is 2.12. The number of hydrogen-bond acceptors (Lipinski definition) is 3. The van der Waals surface area contributed by atoms with Crippen molar-refractivity contribution in [3.63, 3.8) is 0 Å². The highest BCUT2D eigenvalue weighted by atomic mass is 16.5. The fourth-order valence-corrected chi connectivity index (χ4v) is 1.61. The molecule has 0 spiro atoms. The maximum atomic E-state index is 6.08. The van der Waals surface area contributed by atoms with Crippen molar-refractivity contribution in [2.75, 3.05) is 14.2 Å². The molecule has 88 valence electrons. The zero-order valence-electron chi connectivity index (χ0n) is 10.1. The Bertz CT molecular complexity index is 374. The van der Waals surface area contributed by atoms with Crippen LogP contribution in [0.2, 0.25) is 0 Å². The molecule has 0 aliphatic carbocycles. The molecule has 0 aliphatic heterocycles. The number of nitrogens with two attached hydrogens (primary N) is 1. The molecule has 0 unspecified atom stereocenters. The fourth-order valence-electron chi connectivity index (χ4n) is 1.61. The van der Waals surface area contributed by atoms with Gasteiger partial charge < -0.3 is 15.2 Å². The lowest BCUT2D eigenvalue weighted by Crippen LogP contribution is -2.11. The molecular formula is C13H19NO2. The van der Waals surface area contributed by atoms with Gasteiger partial charge in [0.15, 0.2) is 0 Å². The maximum absolute atomic E-state index is 6.08. The molecule has 0 radical (unpaired) electrons. The number of ether oxygens (including phenoxy) is 2. The van der Waals surface area contributed by atoms with Crippen LogP contribution in [0.25, 0.3) is 0 Å². The molecule has 0 amide bonds. The molecular weight excluding hydrogens is 202 g/mol. The van der Waals surface area contributed by atoms with Gasteiger partial charge in [-0.25, -0.2) is 0 Å². The molecule has 0 fully saturated rings. The third-order valence-electron chi connectivity index (χ3n) is 2.41. The Labute approximate surface area is 96.9 Å². The van der Waals surface area contributed by atoms with Gasteiger partial charge in [-0.3, -0.25) is 0 Å². The van der Waals surface area contributed by atoms with E-state index >= 15 is 0 Å². The number of hydrogen-bond donors (Lipinski definition) is 1. The van der Waals surface area contributed by atoms with E-state index in [1.165, 1.54) is 0 Å². The van der Waals surface area contributed by atoms with E-state index in [1.54, 1.807) is 14.2 Å². The van der Waals surface area contributed by atoms with Crippen LogP contribution >= 0.6 is 0 Å². The second-order valence-corrected chi connectivity index (χ2v) is 3.88. The monoisotopic (exact) mass is 221 g/mol. The van der Waals surface area contributed by atoms with Gasteiger partial charge in [-0.05, 0) is 19.4 Å². The SMILES string of the molecule is C=C(C)C[C@H](N)c1ccc(OC)cc1OC. The predicted molar refractivity (Wildman–Crippen MR) is 65.9 cm³/mol. The third-order valence-corrected chi connectivity index (χ3v) is 2.41. The Morgan fingerprint density at radius 1 is 1.38 bits per heavy atom. The normalized spacial score (nSPS) is 12.0. The third kappa shape index (κ3) is 3.00. The molecule has 1 aromatic rings. The topological polar surface area (TPSA) is 44.5 Å². The van der Waals surface area contributed by atoms with Gasteiger partial charge in [-0.15, -0.1) is 6.58 Å². The van der Waals surface area contributed by atoms with E-state index in [2.05, 4.69) is 6.58 Å². The largest absolute Gasteiger partial charge is 0.497 e. The van der Waals surface area contributed by atoms with Crippen molar-refractivity contribution in [2.45, 2.75) is 19.4 Å². The first-order valence-corrected chi connectivity index (χ1v) is 5.20. The molecule has 0 saturated carbocycles. The van der Waals surface area contributed by atoms with Crippen LogP contribution in [0.4, 0.5) is 0 Å². The summed E-state index contributed by atoms with van der Waals surface area (Å²) in [6.07, 6.45) is 0.753. The summed E-state index contributed by atoms with van der Waals surface area (Å²) in [6.45, 7) is 5.83. The quantitative estimate of drug-likeness (QED) is 0.777. The molecule has 0 aliphatic rings. The van der Waals surface area contributed by atoms with Crippen molar-refractivity contribution in [1.82, 2.24) is 0 Å². The van der Waals surface area contributed by atoms with Crippen molar-refractivity contribution in [3.05, 3.63) is 35.9 Å². The van der Waals surface area contributed by atoms with Gasteiger partial charge in [0.05, 0.1) is 14.2 Å². The van der Waals surface area contributed by atoms with E-state index in [0.29, 0.717) is 0 Å². The number of rotatable bonds is 5. The summed E-state index contributed by atoms with van der Waals surface area (Å²) in [5.74, 6) is 1.52. The maximum Gasteiger partial charge on any atom is 0.127 e. The second-order valence-electron chi connectivity index (χ2n) is 3.88. The minimum Gasteiger partial charge on any atom is -0.497 e. The molecule has 16 heavy (non-hydrogen) atoms. The summed E-state index contributed by atoms with van der Waals surface area (Å²) in [6, 6.07) is 5.58. The number of methoxy groups -OCH3 is 2. The molecule has 2 N–H and O–H groups in total. The van der Waals surface area contributed by atoms with Crippen LogP contribution in [-0.4, -0.2) is 14.2 Å². The highest BCUT2D eigenvalue weighted by Crippen LogP contribution is 2.30. The summed E-state index contributed by atoms with van der Waals surface area (Å²) in [5.41, 5.74) is 8.12. The predicted octanol–water partition coefficient (Wildman–Crippen LogP) is 2.67. The van der Waals surface area contributed by atoms with Crippen LogP contribution < -0.4 is 15.2 Å². The van der Waals surface area contributed by atoms with E-state index < -0.39 is 0 Å². The Balaban J connectivity index is 2.98. The zero-order valence-corrected chi connectivity index (χ0v) is 10.1. The zero-order chi connectivity index (χ0) is 12.1. The Kier molecular flexibility index (Phi) is 4.38. The minimum atomic E-state index is -0.0849. The van der Waals surface area contributed by atoms with Gasteiger partial charge in [-0.1, -0.05) is 11.6 Å². The van der Waals surface area contributed by atoms with E-state index in [0.717, 1.165) is 29.1 Å². The van der Waals surface area contributed by atoms with Crippen molar-refractivity contribution in [3.8, 4) is 11.5 Å². The van der Waals surface area contributed by atoms with Crippen LogP contribution in [0.1, 0.15) is 24.9 Å². The summed E-state index contributed by atoms with van der Waals surface area (Å²) in [4.78, 5) is 0.